The molecule has 2 heterocycles. The predicted octanol–water partition coefficient (Wildman–Crippen LogP) is 2.67. The van der Waals surface area contributed by atoms with E-state index in [1.807, 2.05) is 0 Å². The summed E-state index contributed by atoms with van der Waals surface area (Å²) in [5.74, 6) is 0.443. The molecule has 0 spiro atoms. The summed E-state index contributed by atoms with van der Waals surface area (Å²) in [6.45, 7) is 1.61. The Morgan fingerprint density at radius 1 is 1.50 bits per heavy atom. The zero-order valence-corrected chi connectivity index (χ0v) is 10.5. The summed E-state index contributed by atoms with van der Waals surface area (Å²) in [6, 6.07) is 1.54. The highest BCUT2D eigenvalue weighted by Crippen LogP contribution is 2.27. The van der Waals surface area contributed by atoms with Crippen LogP contribution in [0.2, 0.25) is 0 Å². The van der Waals surface area contributed by atoms with Gasteiger partial charge >= 0.3 is 0 Å². The van der Waals surface area contributed by atoms with Gasteiger partial charge in [-0.15, -0.1) is 0 Å². The summed E-state index contributed by atoms with van der Waals surface area (Å²) in [5.41, 5.74) is 0.0191. The number of fused-ring (bicyclic) bond motifs is 1. The number of halogens is 3. The molecule has 0 fully saturated rings. The maximum atomic E-state index is 12.0. The molecule has 2 aromatic heterocycles. The van der Waals surface area contributed by atoms with Gasteiger partial charge in [-0.25, -0.2) is 0 Å². The molecule has 0 aliphatic rings. The van der Waals surface area contributed by atoms with Gasteiger partial charge in [0.15, 0.2) is 0 Å². The molecule has 2 aromatic rings. The maximum Gasteiger partial charge on any atom is 0.264 e. The molecule has 4 nitrogen and oxygen atoms in total. The van der Waals surface area contributed by atoms with Crippen LogP contribution in [-0.2, 0) is 6.54 Å². The van der Waals surface area contributed by atoms with Gasteiger partial charge in [-0.3, -0.25) is 9.36 Å². The molecule has 0 saturated heterocycles. The van der Waals surface area contributed by atoms with E-state index in [2.05, 4.69) is 4.98 Å². The number of aryl methyl sites for hydroxylation is 1. The van der Waals surface area contributed by atoms with Crippen molar-refractivity contribution in [3.8, 4) is 0 Å². The van der Waals surface area contributed by atoms with Crippen LogP contribution >= 0.6 is 34.8 Å². The van der Waals surface area contributed by atoms with Crippen LogP contribution in [0.25, 0.3) is 11.1 Å². The second kappa shape index (κ2) is 3.95. The molecule has 0 saturated carbocycles. The van der Waals surface area contributed by atoms with Crippen molar-refractivity contribution in [1.29, 1.82) is 0 Å². The number of nitrogens with zero attached hydrogens (tertiary/aromatic N) is 2. The number of rotatable bonds is 1. The molecule has 0 atom stereocenters. The van der Waals surface area contributed by atoms with Crippen LogP contribution in [0, 0.1) is 6.92 Å². The fourth-order valence-corrected chi connectivity index (χ4v) is 1.77. The Kier molecular flexibility index (Phi) is 2.90. The first-order valence-corrected chi connectivity index (χ1v) is 5.53. The molecule has 0 unspecified atom stereocenters. The van der Waals surface area contributed by atoms with Gasteiger partial charge < -0.3 is 4.42 Å². The number of furan rings is 1. The predicted molar refractivity (Wildman–Crippen MR) is 63.3 cm³/mol. The molecular weight excluding hydrogens is 274 g/mol. The van der Waals surface area contributed by atoms with E-state index >= 15 is 0 Å². The Hall–Kier alpha value is -0.710. The first-order chi connectivity index (χ1) is 7.38. The SMILES string of the molecule is Cc1nc2occc2c(=O)n1CC(Cl)(Cl)Cl. The normalized spacial score (nSPS) is 12.2. The third kappa shape index (κ3) is 2.19. The largest absolute Gasteiger partial charge is 0.446 e. The van der Waals surface area contributed by atoms with E-state index in [9.17, 15) is 4.79 Å². The maximum absolute atomic E-state index is 12.0. The molecule has 0 bridgehead atoms. The first-order valence-electron chi connectivity index (χ1n) is 4.40. The van der Waals surface area contributed by atoms with Crippen molar-refractivity contribution in [3.05, 3.63) is 28.5 Å². The minimum Gasteiger partial charge on any atom is -0.446 e. The van der Waals surface area contributed by atoms with Crippen molar-refractivity contribution in [2.45, 2.75) is 17.3 Å². The van der Waals surface area contributed by atoms with E-state index in [1.165, 1.54) is 10.8 Å². The van der Waals surface area contributed by atoms with Crippen molar-refractivity contribution in [1.82, 2.24) is 9.55 Å². The highest BCUT2D eigenvalue weighted by Gasteiger charge is 2.23. The molecule has 0 aliphatic heterocycles. The zero-order valence-electron chi connectivity index (χ0n) is 8.21. The van der Waals surface area contributed by atoms with E-state index in [1.54, 1.807) is 13.0 Å². The average Bonchev–Trinajstić information content (AvgIpc) is 2.58. The standard InChI is InChI=1S/C9H7Cl3N2O2/c1-5-13-7-6(2-3-16-7)8(15)14(5)4-9(10,11)12/h2-3H,4H2,1H3. The number of hydrogen-bond donors (Lipinski definition) is 0. The third-order valence-corrected chi connectivity index (χ3v) is 2.47. The summed E-state index contributed by atoms with van der Waals surface area (Å²) in [5, 5.41) is 0.375. The van der Waals surface area contributed by atoms with E-state index in [-0.39, 0.29) is 12.1 Å². The minimum absolute atomic E-state index is 0.0452. The molecule has 0 aliphatic carbocycles. The Bertz CT molecular complexity index is 582. The Balaban J connectivity index is 2.65. The molecule has 0 aromatic carbocycles. The summed E-state index contributed by atoms with van der Waals surface area (Å²) in [6.07, 6.45) is 1.40. The number of hydrogen-bond acceptors (Lipinski definition) is 3. The first kappa shape index (κ1) is 11.8. The van der Waals surface area contributed by atoms with Crippen molar-refractivity contribution in [3.63, 3.8) is 0 Å². The second-order valence-corrected chi connectivity index (χ2v) is 5.82. The van der Waals surface area contributed by atoms with E-state index in [0.717, 1.165) is 0 Å². The Morgan fingerprint density at radius 3 is 2.81 bits per heavy atom. The van der Waals surface area contributed by atoms with Gasteiger partial charge in [0.1, 0.15) is 11.2 Å². The molecule has 0 amide bonds. The molecule has 16 heavy (non-hydrogen) atoms. The Labute approximate surface area is 106 Å². The topological polar surface area (TPSA) is 48.0 Å². The molecular formula is C9H7Cl3N2O2. The highest BCUT2D eigenvalue weighted by molar-refractivity contribution is 6.67. The van der Waals surface area contributed by atoms with Gasteiger partial charge in [-0.1, -0.05) is 34.8 Å². The van der Waals surface area contributed by atoms with E-state index in [4.69, 9.17) is 39.2 Å². The van der Waals surface area contributed by atoms with Crippen molar-refractivity contribution >= 4 is 45.9 Å². The van der Waals surface area contributed by atoms with Crippen LogP contribution in [0.3, 0.4) is 0 Å². The monoisotopic (exact) mass is 280 g/mol. The molecule has 7 heteroatoms. The van der Waals surface area contributed by atoms with Crippen LogP contribution in [-0.4, -0.2) is 13.3 Å². The highest BCUT2D eigenvalue weighted by atomic mass is 35.6. The Morgan fingerprint density at radius 2 is 2.19 bits per heavy atom. The van der Waals surface area contributed by atoms with Crippen molar-refractivity contribution in [2.75, 3.05) is 0 Å². The number of alkyl halides is 3. The smallest absolute Gasteiger partial charge is 0.264 e. The fourth-order valence-electron chi connectivity index (χ4n) is 1.42. The van der Waals surface area contributed by atoms with Gasteiger partial charge in [0.25, 0.3) is 5.56 Å². The summed E-state index contributed by atoms with van der Waals surface area (Å²) in [4.78, 5) is 16.1. The molecule has 0 N–H and O–H groups in total. The van der Waals surface area contributed by atoms with Crippen molar-refractivity contribution in [2.24, 2.45) is 0 Å². The van der Waals surface area contributed by atoms with Crippen LogP contribution < -0.4 is 5.56 Å². The molecule has 86 valence electrons. The quantitative estimate of drug-likeness (QED) is 0.755. The van der Waals surface area contributed by atoms with Gasteiger partial charge in [0.05, 0.1) is 12.8 Å². The zero-order chi connectivity index (χ0) is 11.9. The average molecular weight is 282 g/mol. The molecule has 2 rings (SSSR count). The lowest BCUT2D eigenvalue weighted by molar-refractivity contribution is 0.587. The number of aromatic nitrogens is 2. The summed E-state index contributed by atoms with van der Waals surface area (Å²) in [7, 11) is 0. The van der Waals surface area contributed by atoms with Gasteiger partial charge in [0, 0.05) is 0 Å². The van der Waals surface area contributed by atoms with Crippen LogP contribution in [0.1, 0.15) is 5.82 Å². The third-order valence-electron chi connectivity index (χ3n) is 2.11. The lowest BCUT2D eigenvalue weighted by Gasteiger charge is -2.14. The second-order valence-electron chi connectivity index (χ2n) is 3.30. The van der Waals surface area contributed by atoms with Gasteiger partial charge in [-0.05, 0) is 13.0 Å². The van der Waals surface area contributed by atoms with Gasteiger partial charge in [-0.2, -0.15) is 4.98 Å². The van der Waals surface area contributed by atoms with Gasteiger partial charge in [0.2, 0.25) is 9.51 Å². The lowest BCUT2D eigenvalue weighted by Crippen LogP contribution is -2.28. The molecule has 0 radical (unpaired) electrons. The van der Waals surface area contributed by atoms with Crippen LogP contribution in [0.5, 0.6) is 0 Å². The summed E-state index contributed by atoms with van der Waals surface area (Å²) < 4.78 is 4.82. The lowest BCUT2D eigenvalue weighted by atomic mass is 10.4. The van der Waals surface area contributed by atoms with E-state index in [0.29, 0.717) is 16.9 Å². The summed E-state index contributed by atoms with van der Waals surface area (Å²) >= 11 is 17.0. The van der Waals surface area contributed by atoms with E-state index < -0.39 is 3.79 Å². The van der Waals surface area contributed by atoms with Crippen LogP contribution in [0.15, 0.2) is 21.5 Å². The van der Waals surface area contributed by atoms with Crippen molar-refractivity contribution < 1.29 is 4.42 Å². The minimum atomic E-state index is -1.53. The fraction of sp³-hybridized carbons (Fsp3) is 0.333. The van der Waals surface area contributed by atoms with Crippen LogP contribution in [0.4, 0.5) is 0 Å².